The minimum absolute atomic E-state index is 0.113. The molecule has 1 atom stereocenters. The smallest absolute Gasteiger partial charge is 0.381 e. The number of alkyl halides is 3. The van der Waals surface area contributed by atoms with E-state index < -0.39 is 12.0 Å². The molecule has 1 aliphatic carbocycles. The Kier molecular flexibility index (Phi) is 6.67. The van der Waals surface area contributed by atoms with Crippen LogP contribution in [0.1, 0.15) is 49.9 Å². The molecule has 3 aliphatic rings. The first-order valence-electron chi connectivity index (χ1n) is 12.5. The molecular weight excluding hydrogens is 471 g/mol. The number of halogens is 3. The zero-order chi connectivity index (χ0) is 25.4. The van der Waals surface area contributed by atoms with Crippen LogP contribution in [-0.2, 0) is 16.5 Å². The number of hydrogen-bond acceptors (Lipinski definition) is 5. The molecule has 3 fully saturated rings. The number of carbonyl (C=O) groups excluding carboxylic acids is 1. The van der Waals surface area contributed by atoms with Gasteiger partial charge in [0.2, 0.25) is 5.82 Å². The summed E-state index contributed by atoms with van der Waals surface area (Å²) in [5.41, 5.74) is 1.13. The summed E-state index contributed by atoms with van der Waals surface area (Å²) in [5, 5.41) is 3.20. The molecule has 1 aromatic carbocycles. The van der Waals surface area contributed by atoms with Crippen molar-refractivity contribution in [1.29, 1.82) is 0 Å². The highest BCUT2D eigenvalue weighted by molar-refractivity contribution is 5.93. The van der Waals surface area contributed by atoms with E-state index >= 15 is 0 Å². The summed E-state index contributed by atoms with van der Waals surface area (Å²) in [7, 11) is 2.20. The van der Waals surface area contributed by atoms with Crippen LogP contribution in [-0.4, -0.2) is 59.8 Å². The quantitative estimate of drug-likeness (QED) is 0.646. The molecular formula is C26H32F3N5O2. The summed E-state index contributed by atoms with van der Waals surface area (Å²) in [6.07, 6.45) is 2.79. The first-order chi connectivity index (χ1) is 17.2. The van der Waals surface area contributed by atoms with Gasteiger partial charge < -0.3 is 10.1 Å². The van der Waals surface area contributed by atoms with Gasteiger partial charge in [0.25, 0.3) is 0 Å². The zero-order valence-electron chi connectivity index (χ0n) is 20.4. The molecule has 1 saturated carbocycles. The number of rotatable bonds is 5. The average molecular weight is 504 g/mol. The third-order valence-corrected chi connectivity index (χ3v) is 8.27. The fourth-order valence-electron chi connectivity index (χ4n) is 6.08. The zero-order valence-corrected chi connectivity index (χ0v) is 20.4. The van der Waals surface area contributed by atoms with E-state index in [1.165, 1.54) is 10.5 Å². The van der Waals surface area contributed by atoms with Gasteiger partial charge in [0.15, 0.2) is 0 Å². The maximum absolute atomic E-state index is 13.1. The summed E-state index contributed by atoms with van der Waals surface area (Å²) >= 11 is 0. The molecule has 1 N–H and O–H groups in total. The Labute approximate surface area is 209 Å². The number of carbonyl (C=O) groups is 1. The lowest BCUT2D eigenvalue weighted by atomic mass is 9.67. The van der Waals surface area contributed by atoms with Crippen molar-refractivity contribution in [2.24, 2.45) is 5.92 Å². The topological polar surface area (TPSA) is 70.6 Å². The second-order valence-corrected chi connectivity index (χ2v) is 10.4. The van der Waals surface area contributed by atoms with Crippen LogP contribution in [0.3, 0.4) is 0 Å². The first kappa shape index (κ1) is 25.0. The monoisotopic (exact) mass is 503 g/mol. The molecule has 1 aromatic heterocycles. The third kappa shape index (κ3) is 4.80. The fourth-order valence-corrected chi connectivity index (χ4v) is 6.08. The maximum Gasteiger partial charge on any atom is 0.451 e. The van der Waals surface area contributed by atoms with E-state index in [9.17, 15) is 18.0 Å². The summed E-state index contributed by atoms with van der Waals surface area (Å²) in [6.45, 7) is 3.01. The van der Waals surface area contributed by atoms with Gasteiger partial charge >= 0.3 is 12.2 Å². The first-order valence-corrected chi connectivity index (χ1v) is 12.5. The van der Waals surface area contributed by atoms with E-state index in [1.54, 1.807) is 0 Å². The number of hydrogen-bond donors (Lipinski definition) is 1. The normalized spacial score (nSPS) is 29.1. The number of nitrogens with zero attached hydrogens (tertiary/aromatic N) is 4. The lowest BCUT2D eigenvalue weighted by Crippen LogP contribution is -2.63. The number of aromatic nitrogens is 2. The Morgan fingerprint density at radius 3 is 2.39 bits per heavy atom. The van der Waals surface area contributed by atoms with Gasteiger partial charge in [0.05, 0.1) is 24.7 Å². The standard InChI is InChI=1S/C26H32F3N5O2/c1-33(17-19-7-14-36-18-19)25(20-5-3-2-4-6-20)10-8-24(9-11-25)12-13-34(23(35)32-24)21-15-30-22(31-16-21)26(27,28)29/h2-6,15-16,19H,7-14,17-18H2,1H3,(H,32,35). The van der Waals surface area contributed by atoms with Crippen LogP contribution >= 0.6 is 0 Å². The van der Waals surface area contributed by atoms with Gasteiger partial charge in [-0.25, -0.2) is 14.8 Å². The minimum atomic E-state index is -4.61. The molecule has 2 aromatic rings. The highest BCUT2D eigenvalue weighted by atomic mass is 19.4. The third-order valence-electron chi connectivity index (χ3n) is 8.27. The van der Waals surface area contributed by atoms with Gasteiger partial charge in [-0.3, -0.25) is 9.80 Å². The van der Waals surface area contributed by atoms with Gasteiger partial charge in [-0.1, -0.05) is 30.3 Å². The Hall–Kier alpha value is -2.72. The SMILES string of the molecule is CN(CC1CCOC1)C1(c2ccccc2)CCC2(CCN(c3cnc(C(F)(F)F)nc3)C(=O)N2)CC1. The molecule has 36 heavy (non-hydrogen) atoms. The molecule has 1 spiro atoms. The van der Waals surface area contributed by atoms with Gasteiger partial charge in [0.1, 0.15) is 0 Å². The van der Waals surface area contributed by atoms with E-state index in [-0.39, 0.29) is 22.8 Å². The number of anilines is 1. The number of nitrogens with one attached hydrogen (secondary N) is 1. The molecule has 194 valence electrons. The van der Waals surface area contributed by atoms with Crippen LogP contribution in [0, 0.1) is 5.92 Å². The Morgan fingerprint density at radius 1 is 1.11 bits per heavy atom. The minimum Gasteiger partial charge on any atom is -0.381 e. The van der Waals surface area contributed by atoms with Crippen molar-refractivity contribution in [3.63, 3.8) is 0 Å². The predicted octanol–water partition coefficient (Wildman–Crippen LogP) is 4.59. The maximum atomic E-state index is 13.1. The Morgan fingerprint density at radius 2 is 1.81 bits per heavy atom. The lowest BCUT2D eigenvalue weighted by molar-refractivity contribution is -0.144. The van der Waals surface area contributed by atoms with Gasteiger partial charge in [0, 0.05) is 30.8 Å². The van der Waals surface area contributed by atoms with Crippen LogP contribution in [0.2, 0.25) is 0 Å². The molecule has 2 aliphatic heterocycles. The van der Waals surface area contributed by atoms with E-state index in [2.05, 4.69) is 51.5 Å². The van der Waals surface area contributed by atoms with Crippen molar-refractivity contribution in [1.82, 2.24) is 20.2 Å². The van der Waals surface area contributed by atoms with E-state index in [1.807, 2.05) is 6.07 Å². The summed E-state index contributed by atoms with van der Waals surface area (Å²) < 4.78 is 44.0. The van der Waals surface area contributed by atoms with Crippen molar-refractivity contribution in [3.05, 3.63) is 54.1 Å². The average Bonchev–Trinajstić information content (AvgIpc) is 3.38. The Bertz CT molecular complexity index is 1050. The molecule has 7 nitrogen and oxygen atoms in total. The van der Waals surface area contributed by atoms with Crippen molar-refractivity contribution in [3.8, 4) is 0 Å². The molecule has 5 rings (SSSR count). The second-order valence-electron chi connectivity index (χ2n) is 10.4. The van der Waals surface area contributed by atoms with Crippen LogP contribution < -0.4 is 10.2 Å². The second kappa shape index (κ2) is 9.63. The number of benzene rings is 1. The largest absolute Gasteiger partial charge is 0.451 e. The predicted molar refractivity (Wildman–Crippen MR) is 128 cm³/mol. The van der Waals surface area contributed by atoms with Crippen LogP contribution in [0.25, 0.3) is 0 Å². The molecule has 3 heterocycles. The van der Waals surface area contributed by atoms with Gasteiger partial charge in [-0.15, -0.1) is 0 Å². The van der Waals surface area contributed by atoms with Crippen LogP contribution in [0.5, 0.6) is 0 Å². The molecule has 0 bridgehead atoms. The van der Waals surface area contributed by atoms with Crippen molar-refractivity contribution >= 4 is 11.7 Å². The van der Waals surface area contributed by atoms with Crippen molar-refractivity contribution in [2.45, 2.75) is 55.8 Å². The summed E-state index contributed by atoms with van der Waals surface area (Å²) in [4.78, 5) is 23.8. The number of ether oxygens (including phenoxy) is 1. The van der Waals surface area contributed by atoms with E-state index in [0.717, 1.165) is 64.3 Å². The van der Waals surface area contributed by atoms with E-state index in [4.69, 9.17) is 4.74 Å². The number of urea groups is 1. The summed E-state index contributed by atoms with van der Waals surface area (Å²) in [5.74, 6) is -0.682. The highest BCUT2D eigenvalue weighted by Crippen LogP contribution is 2.47. The summed E-state index contributed by atoms with van der Waals surface area (Å²) in [6, 6.07) is 10.3. The van der Waals surface area contributed by atoms with Gasteiger partial charge in [-0.05, 0) is 57.1 Å². The van der Waals surface area contributed by atoms with Crippen LogP contribution in [0.15, 0.2) is 42.7 Å². The fraction of sp³-hybridized carbons (Fsp3) is 0.577. The number of amides is 2. The van der Waals surface area contributed by atoms with E-state index in [0.29, 0.717) is 18.9 Å². The molecule has 2 amide bonds. The van der Waals surface area contributed by atoms with Crippen molar-refractivity contribution in [2.75, 3.05) is 38.3 Å². The lowest BCUT2D eigenvalue weighted by Gasteiger charge is -2.53. The molecule has 1 unspecified atom stereocenters. The van der Waals surface area contributed by atoms with Crippen LogP contribution in [0.4, 0.5) is 23.7 Å². The Balaban J connectivity index is 1.29. The highest BCUT2D eigenvalue weighted by Gasteiger charge is 2.49. The molecule has 10 heteroatoms. The molecule has 0 radical (unpaired) electrons. The van der Waals surface area contributed by atoms with Gasteiger partial charge in [-0.2, -0.15) is 13.2 Å². The molecule has 2 saturated heterocycles. The van der Waals surface area contributed by atoms with Crippen molar-refractivity contribution < 1.29 is 22.7 Å².